The molecule has 0 amide bonds. The molecule has 0 radical (unpaired) electrons. The maximum atomic E-state index is 5.91. The number of allylic oxidation sites excluding steroid dienone is 1. The van der Waals surface area contributed by atoms with Crippen molar-refractivity contribution < 1.29 is 4.42 Å². The highest BCUT2D eigenvalue weighted by Crippen LogP contribution is 2.16. The molecule has 0 aromatic carbocycles. The first kappa shape index (κ1) is 16.0. The molecule has 0 bridgehead atoms. The van der Waals surface area contributed by atoms with Crippen LogP contribution in [-0.2, 0) is 13.1 Å². The summed E-state index contributed by atoms with van der Waals surface area (Å²) < 4.78 is 5.91. The van der Waals surface area contributed by atoms with Gasteiger partial charge in [-0.05, 0) is 58.0 Å². The van der Waals surface area contributed by atoms with Crippen molar-refractivity contribution in [3.8, 4) is 0 Å². The molecule has 0 aliphatic carbocycles. The van der Waals surface area contributed by atoms with Crippen LogP contribution in [0.3, 0.4) is 0 Å². The fourth-order valence-corrected chi connectivity index (χ4v) is 2.07. The molecule has 1 N–H and O–H groups in total. The predicted octanol–water partition coefficient (Wildman–Crippen LogP) is 3.49. The highest BCUT2D eigenvalue weighted by molar-refractivity contribution is 5.20. The molecule has 1 rings (SSSR count). The molecular formula is C16H28N2O. The van der Waals surface area contributed by atoms with Gasteiger partial charge in [-0.2, -0.15) is 0 Å². The van der Waals surface area contributed by atoms with Crippen LogP contribution >= 0.6 is 0 Å². The molecule has 0 aliphatic heterocycles. The van der Waals surface area contributed by atoms with E-state index in [4.69, 9.17) is 4.42 Å². The van der Waals surface area contributed by atoms with Crippen LogP contribution in [-0.4, -0.2) is 25.0 Å². The van der Waals surface area contributed by atoms with E-state index in [-0.39, 0.29) is 0 Å². The Labute approximate surface area is 117 Å². The van der Waals surface area contributed by atoms with Gasteiger partial charge in [0.05, 0.1) is 13.1 Å². The molecule has 3 nitrogen and oxygen atoms in total. The van der Waals surface area contributed by atoms with E-state index in [0.29, 0.717) is 0 Å². The van der Waals surface area contributed by atoms with Crippen molar-refractivity contribution in [3.63, 3.8) is 0 Å². The molecule has 0 fully saturated rings. The lowest BCUT2D eigenvalue weighted by atomic mass is 10.2. The van der Waals surface area contributed by atoms with Gasteiger partial charge >= 0.3 is 0 Å². The highest BCUT2D eigenvalue weighted by atomic mass is 16.3. The van der Waals surface area contributed by atoms with Gasteiger partial charge in [-0.15, -0.1) is 6.58 Å². The molecule has 0 spiro atoms. The smallest absolute Gasteiger partial charge is 0.120 e. The maximum absolute atomic E-state index is 5.91. The van der Waals surface area contributed by atoms with Crippen molar-refractivity contribution in [2.45, 2.75) is 46.2 Å². The van der Waals surface area contributed by atoms with Crippen molar-refractivity contribution in [1.82, 2.24) is 10.2 Å². The van der Waals surface area contributed by atoms with Gasteiger partial charge in [0.1, 0.15) is 11.5 Å². The molecule has 3 heteroatoms. The summed E-state index contributed by atoms with van der Waals surface area (Å²) in [5.74, 6) is 2.13. The first-order chi connectivity index (χ1) is 9.17. The number of hydrogen-bond acceptors (Lipinski definition) is 3. The van der Waals surface area contributed by atoms with Crippen LogP contribution in [0.25, 0.3) is 0 Å². The summed E-state index contributed by atoms with van der Waals surface area (Å²) in [4.78, 5) is 2.30. The second-order valence-electron chi connectivity index (χ2n) is 5.16. The Balaban J connectivity index is 2.41. The zero-order valence-electron chi connectivity index (χ0n) is 12.7. The maximum Gasteiger partial charge on any atom is 0.120 e. The molecule has 1 aromatic rings. The predicted molar refractivity (Wildman–Crippen MR) is 81.2 cm³/mol. The SMILES string of the molecule is C=CCCCN(C)Cc1cc(C)c(CNCCC)o1. The molecule has 1 aromatic heterocycles. The van der Waals surface area contributed by atoms with E-state index in [9.17, 15) is 0 Å². The van der Waals surface area contributed by atoms with Gasteiger partial charge in [0.15, 0.2) is 0 Å². The van der Waals surface area contributed by atoms with Gasteiger partial charge in [0.2, 0.25) is 0 Å². The molecule has 0 unspecified atom stereocenters. The van der Waals surface area contributed by atoms with Crippen molar-refractivity contribution in [1.29, 1.82) is 0 Å². The summed E-state index contributed by atoms with van der Waals surface area (Å²) in [6, 6.07) is 2.16. The Kier molecular flexibility index (Phi) is 7.53. The number of nitrogens with zero attached hydrogens (tertiary/aromatic N) is 1. The Morgan fingerprint density at radius 3 is 2.95 bits per heavy atom. The van der Waals surface area contributed by atoms with Gasteiger partial charge < -0.3 is 9.73 Å². The second-order valence-corrected chi connectivity index (χ2v) is 5.16. The lowest BCUT2D eigenvalue weighted by Crippen LogP contribution is -2.18. The monoisotopic (exact) mass is 264 g/mol. The first-order valence-electron chi connectivity index (χ1n) is 7.25. The van der Waals surface area contributed by atoms with Gasteiger partial charge in [0.25, 0.3) is 0 Å². The number of unbranched alkanes of at least 4 members (excludes halogenated alkanes) is 1. The Bertz CT molecular complexity index is 371. The van der Waals surface area contributed by atoms with E-state index in [2.05, 4.69) is 43.8 Å². The average molecular weight is 264 g/mol. The van der Waals surface area contributed by atoms with Gasteiger partial charge in [-0.1, -0.05) is 13.0 Å². The lowest BCUT2D eigenvalue weighted by Gasteiger charge is -2.14. The lowest BCUT2D eigenvalue weighted by molar-refractivity contribution is 0.287. The van der Waals surface area contributed by atoms with Crippen molar-refractivity contribution >= 4 is 0 Å². The average Bonchev–Trinajstić information content (AvgIpc) is 2.70. The minimum Gasteiger partial charge on any atom is -0.463 e. The third-order valence-corrected chi connectivity index (χ3v) is 3.16. The van der Waals surface area contributed by atoms with Crippen molar-refractivity contribution in [3.05, 3.63) is 35.8 Å². The zero-order valence-corrected chi connectivity index (χ0v) is 12.7. The van der Waals surface area contributed by atoms with Crippen LogP contribution in [0.15, 0.2) is 23.1 Å². The number of rotatable bonds is 10. The highest BCUT2D eigenvalue weighted by Gasteiger charge is 2.09. The Hall–Kier alpha value is -1.06. The molecule has 0 saturated heterocycles. The van der Waals surface area contributed by atoms with Crippen molar-refractivity contribution in [2.75, 3.05) is 20.1 Å². The van der Waals surface area contributed by atoms with Crippen LogP contribution in [0.4, 0.5) is 0 Å². The number of furan rings is 1. The van der Waals surface area contributed by atoms with E-state index in [1.807, 2.05) is 6.08 Å². The minimum absolute atomic E-state index is 0.833. The minimum atomic E-state index is 0.833. The van der Waals surface area contributed by atoms with Crippen LogP contribution in [0.5, 0.6) is 0 Å². The molecule has 0 saturated carbocycles. The summed E-state index contributed by atoms with van der Waals surface area (Å²) in [5.41, 5.74) is 1.25. The normalized spacial score (nSPS) is 11.2. The summed E-state index contributed by atoms with van der Waals surface area (Å²) in [7, 11) is 2.13. The first-order valence-corrected chi connectivity index (χ1v) is 7.25. The van der Waals surface area contributed by atoms with E-state index in [0.717, 1.165) is 57.0 Å². The molecule has 19 heavy (non-hydrogen) atoms. The molecule has 0 aliphatic rings. The van der Waals surface area contributed by atoms with Crippen LogP contribution in [0.1, 0.15) is 43.3 Å². The molecule has 0 atom stereocenters. The zero-order chi connectivity index (χ0) is 14.1. The topological polar surface area (TPSA) is 28.4 Å². The van der Waals surface area contributed by atoms with E-state index in [1.165, 1.54) is 5.56 Å². The number of hydrogen-bond donors (Lipinski definition) is 1. The third-order valence-electron chi connectivity index (χ3n) is 3.16. The number of aryl methyl sites for hydroxylation is 1. The van der Waals surface area contributed by atoms with E-state index in [1.54, 1.807) is 0 Å². The second kappa shape index (κ2) is 8.94. The number of nitrogens with one attached hydrogen (secondary N) is 1. The fraction of sp³-hybridized carbons (Fsp3) is 0.625. The van der Waals surface area contributed by atoms with Gasteiger partial charge in [0, 0.05) is 0 Å². The summed E-state index contributed by atoms with van der Waals surface area (Å²) in [5, 5.41) is 3.38. The molecular weight excluding hydrogens is 236 g/mol. The summed E-state index contributed by atoms with van der Waals surface area (Å²) in [6.45, 7) is 11.9. The standard InChI is InChI=1S/C16H28N2O/c1-5-7-8-10-18(4)13-15-11-14(3)16(19-15)12-17-9-6-2/h5,11,17H,1,6-10,12-13H2,2-4H3. The Morgan fingerprint density at radius 1 is 1.47 bits per heavy atom. The van der Waals surface area contributed by atoms with Crippen LogP contribution in [0, 0.1) is 6.92 Å². The van der Waals surface area contributed by atoms with E-state index < -0.39 is 0 Å². The van der Waals surface area contributed by atoms with Crippen LogP contribution in [0.2, 0.25) is 0 Å². The van der Waals surface area contributed by atoms with Gasteiger partial charge in [-0.3, -0.25) is 4.90 Å². The molecule has 1 heterocycles. The Morgan fingerprint density at radius 2 is 2.26 bits per heavy atom. The fourth-order valence-electron chi connectivity index (χ4n) is 2.07. The quantitative estimate of drug-likeness (QED) is 0.518. The third kappa shape index (κ3) is 6.08. The van der Waals surface area contributed by atoms with Gasteiger partial charge in [-0.25, -0.2) is 0 Å². The summed E-state index contributed by atoms with van der Waals surface area (Å²) in [6.07, 6.45) is 5.36. The largest absolute Gasteiger partial charge is 0.463 e. The molecule has 108 valence electrons. The summed E-state index contributed by atoms with van der Waals surface area (Å²) >= 11 is 0. The van der Waals surface area contributed by atoms with Crippen molar-refractivity contribution in [2.24, 2.45) is 0 Å². The van der Waals surface area contributed by atoms with E-state index >= 15 is 0 Å². The van der Waals surface area contributed by atoms with Crippen LogP contribution < -0.4 is 5.32 Å².